The molecule has 1 atom stereocenters. The standard InChI is InChI=1S/C12H18FN3O/c1-12(9-17,16-4-2-14-3-5-16)10-6-11(13)8-15-7-10/h6-8,14,17H,2-5,9H2,1H3. The minimum Gasteiger partial charge on any atom is -0.394 e. The smallest absolute Gasteiger partial charge is 0.141 e. The monoisotopic (exact) mass is 239 g/mol. The van der Waals surface area contributed by atoms with Crippen molar-refractivity contribution in [2.24, 2.45) is 0 Å². The molecule has 0 amide bonds. The predicted octanol–water partition coefficient (Wildman–Crippen LogP) is 0.333. The lowest BCUT2D eigenvalue weighted by Crippen LogP contribution is -2.54. The molecule has 4 nitrogen and oxygen atoms in total. The Morgan fingerprint density at radius 3 is 2.76 bits per heavy atom. The van der Waals surface area contributed by atoms with Gasteiger partial charge in [0.1, 0.15) is 5.82 Å². The molecule has 17 heavy (non-hydrogen) atoms. The Morgan fingerprint density at radius 1 is 1.47 bits per heavy atom. The van der Waals surface area contributed by atoms with E-state index in [2.05, 4.69) is 15.2 Å². The summed E-state index contributed by atoms with van der Waals surface area (Å²) in [5.41, 5.74) is 0.166. The molecule has 2 rings (SSSR count). The maximum absolute atomic E-state index is 13.2. The molecule has 2 heterocycles. The molecule has 1 aromatic rings. The molecule has 0 radical (unpaired) electrons. The third-order valence-electron chi connectivity index (χ3n) is 3.45. The van der Waals surface area contributed by atoms with Crippen molar-refractivity contribution in [3.63, 3.8) is 0 Å². The van der Waals surface area contributed by atoms with Crippen LogP contribution in [0.25, 0.3) is 0 Å². The molecule has 0 saturated carbocycles. The molecule has 1 unspecified atom stereocenters. The van der Waals surface area contributed by atoms with Gasteiger partial charge < -0.3 is 10.4 Å². The van der Waals surface area contributed by atoms with Crippen LogP contribution in [0.3, 0.4) is 0 Å². The second-order valence-electron chi connectivity index (χ2n) is 4.56. The molecular weight excluding hydrogens is 221 g/mol. The minimum absolute atomic E-state index is 0.0435. The molecule has 1 aliphatic rings. The van der Waals surface area contributed by atoms with Crippen LogP contribution in [0.1, 0.15) is 12.5 Å². The second-order valence-corrected chi connectivity index (χ2v) is 4.56. The first-order valence-corrected chi connectivity index (χ1v) is 5.84. The molecule has 94 valence electrons. The number of hydrogen-bond acceptors (Lipinski definition) is 4. The number of halogens is 1. The molecule has 2 N–H and O–H groups in total. The molecule has 1 saturated heterocycles. The van der Waals surface area contributed by atoms with Gasteiger partial charge in [-0.3, -0.25) is 9.88 Å². The van der Waals surface area contributed by atoms with E-state index in [0.29, 0.717) is 0 Å². The lowest BCUT2D eigenvalue weighted by molar-refractivity contribution is 0.0307. The van der Waals surface area contributed by atoms with E-state index >= 15 is 0 Å². The summed E-state index contributed by atoms with van der Waals surface area (Å²) < 4.78 is 13.2. The summed E-state index contributed by atoms with van der Waals surface area (Å²) in [7, 11) is 0. The number of aliphatic hydroxyl groups excluding tert-OH is 1. The maximum atomic E-state index is 13.2. The first-order chi connectivity index (χ1) is 8.16. The highest BCUT2D eigenvalue weighted by molar-refractivity contribution is 5.21. The van der Waals surface area contributed by atoms with Crippen LogP contribution in [0, 0.1) is 5.82 Å². The van der Waals surface area contributed by atoms with Crippen molar-refractivity contribution in [2.75, 3.05) is 32.8 Å². The Kier molecular flexibility index (Phi) is 3.71. The molecule has 1 aromatic heterocycles. The van der Waals surface area contributed by atoms with E-state index in [1.54, 1.807) is 6.20 Å². The number of nitrogens with zero attached hydrogens (tertiary/aromatic N) is 2. The van der Waals surface area contributed by atoms with E-state index in [1.165, 1.54) is 12.3 Å². The van der Waals surface area contributed by atoms with Gasteiger partial charge in [0.15, 0.2) is 0 Å². The second kappa shape index (κ2) is 5.08. The third-order valence-corrected chi connectivity index (χ3v) is 3.45. The van der Waals surface area contributed by atoms with E-state index in [0.717, 1.165) is 31.7 Å². The van der Waals surface area contributed by atoms with E-state index < -0.39 is 5.54 Å². The van der Waals surface area contributed by atoms with Crippen LogP contribution in [0.15, 0.2) is 18.5 Å². The highest BCUT2D eigenvalue weighted by atomic mass is 19.1. The third kappa shape index (κ3) is 2.46. The SMILES string of the molecule is CC(CO)(c1cncc(F)c1)N1CCNCC1. The molecule has 5 heteroatoms. The average Bonchev–Trinajstić information content (AvgIpc) is 2.39. The highest BCUT2D eigenvalue weighted by Crippen LogP contribution is 2.27. The van der Waals surface area contributed by atoms with Gasteiger partial charge in [-0.15, -0.1) is 0 Å². The average molecular weight is 239 g/mol. The minimum atomic E-state index is -0.558. The van der Waals surface area contributed by atoms with Crippen LogP contribution in [-0.4, -0.2) is 47.8 Å². The van der Waals surface area contributed by atoms with Crippen molar-refractivity contribution in [3.05, 3.63) is 29.8 Å². The number of rotatable bonds is 3. The summed E-state index contributed by atoms with van der Waals surface area (Å²) in [5.74, 6) is -0.364. The fourth-order valence-electron chi connectivity index (χ4n) is 2.24. The quantitative estimate of drug-likeness (QED) is 0.798. The summed E-state index contributed by atoms with van der Waals surface area (Å²) in [4.78, 5) is 6.03. The lowest BCUT2D eigenvalue weighted by Gasteiger charge is -2.42. The number of pyridine rings is 1. The number of nitrogens with one attached hydrogen (secondary N) is 1. The van der Waals surface area contributed by atoms with Crippen molar-refractivity contribution in [2.45, 2.75) is 12.5 Å². The number of hydrogen-bond donors (Lipinski definition) is 2. The molecule has 0 aliphatic carbocycles. The molecule has 0 spiro atoms. The summed E-state index contributed by atoms with van der Waals surface area (Å²) in [6, 6.07) is 1.45. The Balaban J connectivity index is 2.29. The number of aromatic nitrogens is 1. The van der Waals surface area contributed by atoms with Crippen molar-refractivity contribution < 1.29 is 9.50 Å². The zero-order valence-corrected chi connectivity index (χ0v) is 9.99. The fraction of sp³-hybridized carbons (Fsp3) is 0.583. The van der Waals surface area contributed by atoms with Crippen LogP contribution in [-0.2, 0) is 5.54 Å². The predicted molar refractivity (Wildman–Crippen MR) is 63.1 cm³/mol. The molecule has 0 bridgehead atoms. The molecule has 1 fully saturated rings. The van der Waals surface area contributed by atoms with Crippen molar-refractivity contribution >= 4 is 0 Å². The Morgan fingerprint density at radius 2 is 2.18 bits per heavy atom. The zero-order chi connectivity index (χ0) is 12.3. The van der Waals surface area contributed by atoms with Crippen LogP contribution in [0.5, 0.6) is 0 Å². The van der Waals surface area contributed by atoms with Gasteiger partial charge in [-0.05, 0) is 18.6 Å². The van der Waals surface area contributed by atoms with E-state index in [9.17, 15) is 9.50 Å². The molecule has 0 aromatic carbocycles. The normalized spacial score (nSPS) is 21.1. The van der Waals surface area contributed by atoms with Gasteiger partial charge >= 0.3 is 0 Å². The van der Waals surface area contributed by atoms with Crippen LogP contribution in [0.2, 0.25) is 0 Å². The van der Waals surface area contributed by atoms with Crippen LogP contribution in [0.4, 0.5) is 4.39 Å². The van der Waals surface area contributed by atoms with Crippen molar-refractivity contribution in [3.8, 4) is 0 Å². The fourth-order valence-corrected chi connectivity index (χ4v) is 2.24. The zero-order valence-electron chi connectivity index (χ0n) is 9.99. The topological polar surface area (TPSA) is 48.4 Å². The summed E-state index contributed by atoms with van der Waals surface area (Å²) in [6.45, 7) is 5.34. The largest absolute Gasteiger partial charge is 0.394 e. The van der Waals surface area contributed by atoms with Crippen LogP contribution < -0.4 is 5.32 Å². The van der Waals surface area contributed by atoms with Gasteiger partial charge in [-0.25, -0.2) is 4.39 Å². The van der Waals surface area contributed by atoms with Gasteiger partial charge in [-0.2, -0.15) is 0 Å². The summed E-state index contributed by atoms with van der Waals surface area (Å²) in [5, 5.41) is 12.9. The van der Waals surface area contributed by atoms with E-state index in [4.69, 9.17) is 0 Å². The van der Waals surface area contributed by atoms with E-state index in [1.807, 2.05) is 6.92 Å². The van der Waals surface area contributed by atoms with Crippen molar-refractivity contribution in [1.82, 2.24) is 15.2 Å². The summed E-state index contributed by atoms with van der Waals surface area (Å²) >= 11 is 0. The number of aliphatic hydroxyl groups is 1. The first-order valence-electron chi connectivity index (χ1n) is 5.84. The van der Waals surface area contributed by atoms with Gasteiger partial charge in [0.25, 0.3) is 0 Å². The lowest BCUT2D eigenvalue weighted by atomic mass is 9.91. The molecule has 1 aliphatic heterocycles. The van der Waals surface area contributed by atoms with Gasteiger partial charge in [0, 0.05) is 32.4 Å². The van der Waals surface area contributed by atoms with Gasteiger partial charge in [-0.1, -0.05) is 0 Å². The van der Waals surface area contributed by atoms with Crippen molar-refractivity contribution in [1.29, 1.82) is 0 Å². The number of piperazine rings is 1. The maximum Gasteiger partial charge on any atom is 0.141 e. The summed E-state index contributed by atoms with van der Waals surface area (Å²) in [6.07, 6.45) is 2.81. The Hall–Kier alpha value is -1.04. The van der Waals surface area contributed by atoms with Gasteiger partial charge in [0.05, 0.1) is 18.3 Å². The molecular formula is C12H18FN3O. The van der Waals surface area contributed by atoms with Gasteiger partial charge in [0.2, 0.25) is 0 Å². The Bertz CT molecular complexity index is 382. The van der Waals surface area contributed by atoms with Crippen LogP contribution >= 0.6 is 0 Å². The highest BCUT2D eigenvalue weighted by Gasteiger charge is 2.34. The first kappa shape index (κ1) is 12.4. The Labute approximate surface area is 100 Å². The van der Waals surface area contributed by atoms with E-state index in [-0.39, 0.29) is 12.4 Å².